The second-order valence-electron chi connectivity index (χ2n) is 5.20. The molecule has 100 valence electrons. The predicted molar refractivity (Wildman–Crippen MR) is 85.1 cm³/mol. The van der Waals surface area contributed by atoms with E-state index in [0.29, 0.717) is 0 Å². The maximum absolute atomic E-state index is 4.91. The Balaban J connectivity index is 2.04. The average Bonchev–Trinajstić information content (AvgIpc) is 2.74. The molecule has 0 bridgehead atoms. The lowest BCUT2D eigenvalue weighted by atomic mass is 10.1. The van der Waals surface area contributed by atoms with Gasteiger partial charge in [0.05, 0.1) is 5.52 Å². The number of aromatic nitrogens is 1. The lowest BCUT2D eigenvalue weighted by molar-refractivity contribution is 0.726. The van der Waals surface area contributed by atoms with Crippen molar-refractivity contribution in [2.45, 2.75) is 31.0 Å². The summed E-state index contributed by atoms with van der Waals surface area (Å²) in [5.41, 5.74) is 2.41. The fraction of sp³-hybridized carbons (Fsp3) is 0.438. The molecule has 0 unspecified atom stereocenters. The van der Waals surface area contributed by atoms with Gasteiger partial charge >= 0.3 is 0 Å². The molecule has 0 aliphatic carbocycles. The zero-order valence-electron chi connectivity index (χ0n) is 11.1. The number of alkyl halides is 1. The van der Waals surface area contributed by atoms with Crippen LogP contribution in [0.3, 0.4) is 0 Å². The molecule has 1 aromatic carbocycles. The number of nitrogens with zero attached hydrogens (tertiary/aromatic N) is 2. The summed E-state index contributed by atoms with van der Waals surface area (Å²) in [5.74, 6) is 1.18. The van der Waals surface area contributed by atoms with E-state index in [9.17, 15) is 0 Å². The van der Waals surface area contributed by atoms with Crippen LogP contribution in [0, 0.1) is 0 Å². The summed E-state index contributed by atoms with van der Waals surface area (Å²) in [6.45, 7) is 2.29. The van der Waals surface area contributed by atoms with E-state index in [4.69, 9.17) is 4.98 Å². The molecule has 1 fully saturated rings. The van der Waals surface area contributed by atoms with Crippen molar-refractivity contribution in [3.05, 3.63) is 35.9 Å². The highest BCUT2D eigenvalue weighted by Crippen LogP contribution is 2.27. The largest absolute Gasteiger partial charge is 0.356 e. The van der Waals surface area contributed by atoms with Crippen LogP contribution in [-0.2, 0) is 5.33 Å². The SMILES string of the molecule is BrCc1cc2ccccc2nc1N1CCCCCC1. The minimum atomic E-state index is 0.872. The van der Waals surface area contributed by atoms with Crippen LogP contribution in [0.25, 0.3) is 10.9 Å². The molecule has 19 heavy (non-hydrogen) atoms. The van der Waals surface area contributed by atoms with Gasteiger partial charge in [-0.05, 0) is 25.0 Å². The Kier molecular flexibility index (Phi) is 4.02. The summed E-state index contributed by atoms with van der Waals surface area (Å²) in [7, 11) is 0. The quantitative estimate of drug-likeness (QED) is 0.757. The van der Waals surface area contributed by atoms with E-state index in [0.717, 1.165) is 23.9 Å². The number of rotatable bonds is 2. The summed E-state index contributed by atoms with van der Waals surface area (Å²) < 4.78 is 0. The molecule has 1 aliphatic heterocycles. The summed E-state index contributed by atoms with van der Waals surface area (Å²) in [4.78, 5) is 7.38. The molecule has 3 heteroatoms. The third-order valence-corrected chi connectivity index (χ3v) is 4.43. The normalized spacial score (nSPS) is 16.6. The smallest absolute Gasteiger partial charge is 0.133 e. The number of hydrogen-bond donors (Lipinski definition) is 0. The summed E-state index contributed by atoms with van der Waals surface area (Å²) >= 11 is 3.61. The van der Waals surface area contributed by atoms with Gasteiger partial charge in [0.1, 0.15) is 5.82 Å². The van der Waals surface area contributed by atoms with Crippen molar-refractivity contribution < 1.29 is 0 Å². The summed E-state index contributed by atoms with van der Waals surface area (Å²) in [5, 5.41) is 2.10. The number of halogens is 1. The van der Waals surface area contributed by atoms with Crippen molar-refractivity contribution in [2.24, 2.45) is 0 Å². The summed E-state index contributed by atoms with van der Waals surface area (Å²) in [6.07, 6.45) is 5.29. The molecule has 2 aromatic rings. The van der Waals surface area contributed by atoms with E-state index in [2.05, 4.69) is 51.2 Å². The van der Waals surface area contributed by atoms with E-state index in [1.54, 1.807) is 0 Å². The van der Waals surface area contributed by atoms with Gasteiger partial charge in [0.2, 0.25) is 0 Å². The fourth-order valence-corrected chi connectivity index (χ4v) is 3.22. The lowest BCUT2D eigenvalue weighted by Gasteiger charge is -2.24. The molecule has 3 rings (SSSR count). The van der Waals surface area contributed by atoms with Gasteiger partial charge in [-0.2, -0.15) is 0 Å². The van der Waals surface area contributed by atoms with Crippen molar-refractivity contribution in [1.82, 2.24) is 4.98 Å². The van der Waals surface area contributed by atoms with Crippen LogP contribution < -0.4 is 4.90 Å². The van der Waals surface area contributed by atoms with Gasteiger partial charge in [-0.1, -0.05) is 47.0 Å². The topological polar surface area (TPSA) is 16.1 Å². The van der Waals surface area contributed by atoms with Crippen molar-refractivity contribution in [1.29, 1.82) is 0 Å². The Bertz CT molecular complexity index is 560. The van der Waals surface area contributed by atoms with Gasteiger partial charge in [0.15, 0.2) is 0 Å². The Morgan fingerprint density at radius 3 is 2.53 bits per heavy atom. The third-order valence-electron chi connectivity index (χ3n) is 3.83. The van der Waals surface area contributed by atoms with E-state index in [1.807, 2.05) is 0 Å². The van der Waals surface area contributed by atoms with Crippen molar-refractivity contribution in [2.75, 3.05) is 18.0 Å². The molecule has 1 saturated heterocycles. The third kappa shape index (κ3) is 2.76. The molecule has 2 heterocycles. The number of benzene rings is 1. The van der Waals surface area contributed by atoms with Gasteiger partial charge in [0.25, 0.3) is 0 Å². The Hall–Kier alpha value is -1.09. The van der Waals surface area contributed by atoms with Crippen LogP contribution in [0.2, 0.25) is 0 Å². The number of anilines is 1. The Labute approximate surface area is 123 Å². The van der Waals surface area contributed by atoms with Crippen molar-refractivity contribution >= 4 is 32.7 Å². The first kappa shape index (κ1) is 12.9. The van der Waals surface area contributed by atoms with Crippen molar-refractivity contribution in [3.8, 4) is 0 Å². The zero-order valence-corrected chi connectivity index (χ0v) is 12.7. The molecule has 0 radical (unpaired) electrons. The average molecular weight is 319 g/mol. The van der Waals surface area contributed by atoms with E-state index >= 15 is 0 Å². The minimum absolute atomic E-state index is 0.872. The second kappa shape index (κ2) is 5.91. The molecule has 1 aliphatic rings. The van der Waals surface area contributed by atoms with E-state index in [-0.39, 0.29) is 0 Å². The molecular weight excluding hydrogens is 300 g/mol. The van der Waals surface area contributed by atoms with Gasteiger partial charge in [-0.15, -0.1) is 0 Å². The first-order valence-electron chi connectivity index (χ1n) is 7.08. The first-order valence-corrected chi connectivity index (χ1v) is 8.20. The maximum Gasteiger partial charge on any atom is 0.133 e. The van der Waals surface area contributed by atoms with Crippen LogP contribution >= 0.6 is 15.9 Å². The Morgan fingerprint density at radius 2 is 1.79 bits per heavy atom. The van der Waals surface area contributed by atoms with E-state index in [1.165, 1.54) is 42.5 Å². The number of para-hydroxylation sites is 1. The molecular formula is C16H19BrN2. The first-order chi connectivity index (χ1) is 9.38. The van der Waals surface area contributed by atoms with Crippen LogP contribution in [-0.4, -0.2) is 18.1 Å². The van der Waals surface area contributed by atoms with Crippen LogP contribution in [0.5, 0.6) is 0 Å². The van der Waals surface area contributed by atoms with Gasteiger partial charge in [0, 0.05) is 29.4 Å². The second-order valence-corrected chi connectivity index (χ2v) is 5.76. The van der Waals surface area contributed by atoms with Crippen molar-refractivity contribution in [3.63, 3.8) is 0 Å². The highest BCUT2D eigenvalue weighted by atomic mass is 79.9. The molecule has 0 saturated carbocycles. The van der Waals surface area contributed by atoms with Crippen LogP contribution in [0.1, 0.15) is 31.2 Å². The highest BCUT2D eigenvalue weighted by Gasteiger charge is 2.15. The zero-order chi connectivity index (χ0) is 13.1. The maximum atomic E-state index is 4.91. The molecule has 0 atom stereocenters. The predicted octanol–water partition coefficient (Wildman–Crippen LogP) is 4.51. The van der Waals surface area contributed by atoms with E-state index < -0.39 is 0 Å². The van der Waals surface area contributed by atoms with Gasteiger partial charge in [-0.25, -0.2) is 4.98 Å². The molecule has 1 aromatic heterocycles. The molecule has 0 N–H and O–H groups in total. The fourth-order valence-electron chi connectivity index (χ4n) is 2.80. The van der Waals surface area contributed by atoms with Crippen LogP contribution in [0.15, 0.2) is 30.3 Å². The number of pyridine rings is 1. The Morgan fingerprint density at radius 1 is 1.05 bits per heavy atom. The molecule has 0 spiro atoms. The van der Waals surface area contributed by atoms with Gasteiger partial charge in [-0.3, -0.25) is 0 Å². The van der Waals surface area contributed by atoms with Gasteiger partial charge < -0.3 is 4.90 Å². The lowest BCUT2D eigenvalue weighted by Crippen LogP contribution is -2.26. The molecule has 0 amide bonds. The minimum Gasteiger partial charge on any atom is -0.356 e. The number of hydrogen-bond acceptors (Lipinski definition) is 2. The number of fused-ring (bicyclic) bond motifs is 1. The van der Waals surface area contributed by atoms with Crippen LogP contribution in [0.4, 0.5) is 5.82 Å². The monoisotopic (exact) mass is 318 g/mol. The standard InChI is InChI=1S/C16H19BrN2/c17-12-14-11-13-7-3-4-8-15(13)18-16(14)19-9-5-1-2-6-10-19/h3-4,7-8,11H,1-2,5-6,9-10,12H2. The summed E-state index contributed by atoms with van der Waals surface area (Å²) in [6, 6.07) is 10.7. The molecule has 2 nitrogen and oxygen atoms in total. The highest BCUT2D eigenvalue weighted by molar-refractivity contribution is 9.08.